The number of hydrogen-bond donors (Lipinski definition) is 1. The molecule has 0 bridgehead atoms. The minimum Gasteiger partial charge on any atom is -0.358 e. The highest BCUT2D eigenvalue weighted by Crippen LogP contribution is 2.47. The number of aliphatic imine (C=N–C) groups is 1. The summed E-state index contributed by atoms with van der Waals surface area (Å²) in [5, 5.41) is 7.46. The molecule has 1 aliphatic carbocycles. The van der Waals surface area contributed by atoms with E-state index < -0.39 is 0 Å². The third kappa shape index (κ3) is 4.89. The fourth-order valence-electron chi connectivity index (χ4n) is 7.05. The first-order valence-corrected chi connectivity index (χ1v) is 18.5. The van der Waals surface area contributed by atoms with Crippen molar-refractivity contribution in [2.75, 3.05) is 5.32 Å². The smallest absolute Gasteiger partial charge is 0.164 e. The largest absolute Gasteiger partial charge is 0.358 e. The highest BCUT2D eigenvalue weighted by Gasteiger charge is 2.29. The molecular formula is C43H29N5S2. The lowest BCUT2D eigenvalue weighted by molar-refractivity contribution is 0.841. The Labute approximate surface area is 297 Å². The van der Waals surface area contributed by atoms with Crippen LogP contribution in [0, 0.1) is 0 Å². The highest BCUT2D eigenvalue weighted by atomic mass is 32.1. The van der Waals surface area contributed by atoms with Crippen molar-refractivity contribution in [1.29, 1.82) is 0 Å². The molecule has 50 heavy (non-hydrogen) atoms. The Morgan fingerprint density at radius 2 is 1.28 bits per heavy atom. The lowest BCUT2D eigenvalue weighted by atomic mass is 9.98. The summed E-state index contributed by atoms with van der Waals surface area (Å²) < 4.78 is 3.67. The second-order valence-electron chi connectivity index (χ2n) is 12.5. The summed E-state index contributed by atoms with van der Waals surface area (Å²) in [7, 11) is 0. The molecular weight excluding hydrogens is 651 g/mol. The van der Waals surface area contributed by atoms with Crippen LogP contribution < -0.4 is 5.32 Å². The van der Waals surface area contributed by atoms with Crippen molar-refractivity contribution in [3.05, 3.63) is 156 Å². The van der Waals surface area contributed by atoms with Gasteiger partial charge in [-0.25, -0.2) is 15.0 Å². The predicted octanol–water partition coefficient (Wildman–Crippen LogP) is 11.6. The maximum atomic E-state index is 5.47. The summed E-state index contributed by atoms with van der Waals surface area (Å²) in [5.41, 5.74) is 7.53. The molecule has 5 nitrogen and oxygen atoms in total. The fourth-order valence-corrected chi connectivity index (χ4v) is 9.51. The maximum absolute atomic E-state index is 5.47. The maximum Gasteiger partial charge on any atom is 0.164 e. The molecule has 3 aromatic heterocycles. The average molecular weight is 680 g/mol. The van der Waals surface area contributed by atoms with Crippen molar-refractivity contribution in [3.8, 4) is 34.2 Å². The Hall–Kier alpha value is -5.76. The third-order valence-electron chi connectivity index (χ3n) is 9.41. The van der Waals surface area contributed by atoms with Crippen molar-refractivity contribution in [2.24, 2.45) is 4.99 Å². The van der Waals surface area contributed by atoms with Gasteiger partial charge in [0, 0.05) is 52.5 Å². The topological polar surface area (TPSA) is 63.1 Å². The minimum atomic E-state index is -0.238. The van der Waals surface area contributed by atoms with Crippen LogP contribution in [0.2, 0.25) is 0 Å². The molecule has 1 N–H and O–H groups in total. The number of hydrogen-bond acceptors (Lipinski definition) is 7. The number of nitrogens with one attached hydrogen (secondary N) is 1. The molecule has 238 valence electrons. The Morgan fingerprint density at radius 3 is 2.04 bits per heavy atom. The Balaban J connectivity index is 1.16. The zero-order valence-electron chi connectivity index (χ0n) is 26.9. The molecule has 0 spiro atoms. The van der Waals surface area contributed by atoms with Gasteiger partial charge in [-0.05, 0) is 30.5 Å². The van der Waals surface area contributed by atoms with E-state index in [-0.39, 0.29) is 6.17 Å². The molecule has 5 aromatic carbocycles. The molecule has 1 unspecified atom stereocenters. The van der Waals surface area contributed by atoms with Gasteiger partial charge in [0.1, 0.15) is 6.17 Å². The van der Waals surface area contributed by atoms with Gasteiger partial charge in [0.15, 0.2) is 17.5 Å². The van der Waals surface area contributed by atoms with Crippen LogP contribution in [0.5, 0.6) is 0 Å². The number of anilines is 1. The number of thiophene rings is 2. The van der Waals surface area contributed by atoms with Crippen LogP contribution in [0.15, 0.2) is 150 Å². The quantitative estimate of drug-likeness (QED) is 0.197. The Kier molecular flexibility index (Phi) is 6.99. The van der Waals surface area contributed by atoms with Crippen molar-refractivity contribution < 1.29 is 0 Å². The molecule has 2 aliphatic rings. The summed E-state index contributed by atoms with van der Waals surface area (Å²) in [4.78, 5) is 21.8. The van der Waals surface area contributed by atoms with Crippen LogP contribution in [0.25, 0.3) is 64.4 Å². The number of aromatic nitrogens is 3. The predicted molar refractivity (Wildman–Crippen MR) is 210 cm³/mol. The molecule has 8 aromatic rings. The number of benzene rings is 5. The van der Waals surface area contributed by atoms with E-state index in [2.05, 4.69) is 84.2 Å². The summed E-state index contributed by atoms with van der Waals surface area (Å²) in [5.74, 6) is 1.98. The fraction of sp³-hybridized carbons (Fsp3) is 0.0698. The van der Waals surface area contributed by atoms with E-state index >= 15 is 0 Å². The van der Waals surface area contributed by atoms with E-state index in [0.717, 1.165) is 40.6 Å². The van der Waals surface area contributed by atoms with Crippen LogP contribution in [0.4, 0.5) is 5.69 Å². The first-order valence-electron chi connectivity index (χ1n) is 16.8. The number of nitrogens with zero attached hydrogens (tertiary/aromatic N) is 4. The molecule has 0 fully saturated rings. The van der Waals surface area contributed by atoms with Crippen LogP contribution in [0.3, 0.4) is 0 Å². The van der Waals surface area contributed by atoms with E-state index in [1.165, 1.54) is 46.6 Å². The van der Waals surface area contributed by atoms with Crippen LogP contribution in [-0.2, 0) is 0 Å². The lowest BCUT2D eigenvalue weighted by Crippen LogP contribution is -2.19. The van der Waals surface area contributed by atoms with E-state index in [9.17, 15) is 0 Å². The molecule has 0 amide bonds. The van der Waals surface area contributed by atoms with Crippen LogP contribution in [-0.4, -0.2) is 20.7 Å². The van der Waals surface area contributed by atoms with E-state index in [1.54, 1.807) is 0 Å². The molecule has 4 heterocycles. The number of rotatable bonds is 5. The van der Waals surface area contributed by atoms with Gasteiger partial charge in [0.05, 0.1) is 16.3 Å². The second kappa shape index (κ2) is 12.0. The number of fused-ring (bicyclic) bond motifs is 6. The molecule has 0 saturated carbocycles. The normalized spacial score (nSPS) is 15.6. The van der Waals surface area contributed by atoms with E-state index in [0.29, 0.717) is 17.5 Å². The van der Waals surface area contributed by atoms with Gasteiger partial charge < -0.3 is 5.32 Å². The summed E-state index contributed by atoms with van der Waals surface area (Å²) >= 11 is 3.63. The molecule has 0 radical (unpaired) electrons. The monoisotopic (exact) mass is 679 g/mol. The van der Waals surface area contributed by atoms with Crippen LogP contribution >= 0.6 is 22.7 Å². The SMILES string of the molecule is C1=CC(C2=NC(c3cccc4c3sc3cccc(-c5nc(-c6ccccc6)nc(-c6ccccc6)n5)c34)Nc3c2sc2ccccc32)=CCC1. The molecule has 7 heteroatoms. The zero-order valence-corrected chi connectivity index (χ0v) is 28.5. The average Bonchev–Trinajstić information content (AvgIpc) is 3.77. The van der Waals surface area contributed by atoms with Gasteiger partial charge in [0.25, 0.3) is 0 Å². The first kappa shape index (κ1) is 29.2. The van der Waals surface area contributed by atoms with Crippen molar-refractivity contribution >= 4 is 64.3 Å². The standard InChI is InChI=1S/C43H29N5S2/c1-4-14-26(15-5-1)36-39-37(29-20-10-11-24-33(29)49-39)45-43(44-36)32-23-12-21-30-35-31(22-13-25-34(35)50-38(30)32)42-47-40(27-16-6-2-7-17-27)46-41(48-42)28-18-8-3-9-19-28/h2-4,6-25,43,45H,1,5H2. The van der Waals surface area contributed by atoms with Gasteiger partial charge in [-0.2, -0.15) is 0 Å². The lowest BCUT2D eigenvalue weighted by Gasteiger charge is -2.25. The zero-order chi connectivity index (χ0) is 33.0. The van der Waals surface area contributed by atoms with Crippen molar-refractivity contribution in [3.63, 3.8) is 0 Å². The summed E-state index contributed by atoms with van der Waals surface area (Å²) in [6.45, 7) is 0. The molecule has 10 rings (SSSR count). The van der Waals surface area contributed by atoms with E-state index in [4.69, 9.17) is 19.9 Å². The first-order chi connectivity index (χ1) is 24.8. The Morgan fingerprint density at radius 1 is 0.600 bits per heavy atom. The van der Waals surface area contributed by atoms with Crippen molar-refractivity contribution in [1.82, 2.24) is 15.0 Å². The molecule has 0 saturated heterocycles. The van der Waals surface area contributed by atoms with Gasteiger partial charge in [-0.1, -0.05) is 127 Å². The van der Waals surface area contributed by atoms with Gasteiger partial charge in [-0.3, -0.25) is 4.99 Å². The van der Waals surface area contributed by atoms with Gasteiger partial charge in [-0.15, -0.1) is 22.7 Å². The second-order valence-corrected chi connectivity index (χ2v) is 14.6. The highest BCUT2D eigenvalue weighted by molar-refractivity contribution is 7.26. The van der Waals surface area contributed by atoms with Gasteiger partial charge >= 0.3 is 0 Å². The molecule has 1 atom stereocenters. The van der Waals surface area contributed by atoms with Gasteiger partial charge in [0.2, 0.25) is 0 Å². The number of allylic oxidation sites excluding steroid dienone is 4. The van der Waals surface area contributed by atoms with Crippen LogP contribution in [0.1, 0.15) is 29.4 Å². The Bertz CT molecular complexity index is 2630. The molecule has 1 aliphatic heterocycles. The summed E-state index contributed by atoms with van der Waals surface area (Å²) in [6, 6.07) is 42.0. The van der Waals surface area contributed by atoms with E-state index in [1.807, 2.05) is 83.3 Å². The summed E-state index contributed by atoms with van der Waals surface area (Å²) in [6.07, 6.45) is 8.72. The minimum absolute atomic E-state index is 0.238. The van der Waals surface area contributed by atoms with Crippen molar-refractivity contribution in [2.45, 2.75) is 19.0 Å². The third-order valence-corrected chi connectivity index (χ3v) is 11.8.